The summed E-state index contributed by atoms with van der Waals surface area (Å²) in [5.74, 6) is -3.76. The Hall–Kier alpha value is -4.21. The Morgan fingerprint density at radius 2 is 1.00 bits per heavy atom. The van der Waals surface area contributed by atoms with Crippen LogP contribution in [0.2, 0.25) is 0 Å². The number of aromatic nitrogens is 7. The molecular weight excluding hydrogens is 786 g/mol. The average molecular weight is 806 g/mol. The number of hydrogen-bond donors (Lipinski definition) is 0. The molecule has 3 aromatic carbocycles. The van der Waals surface area contributed by atoms with Gasteiger partial charge >= 0.3 is 33.4 Å². The van der Waals surface area contributed by atoms with Crippen LogP contribution in [0.3, 0.4) is 0 Å². The molecule has 0 bridgehead atoms. The fraction of sp³-hybridized carbons (Fsp3) is 0.0690. The van der Waals surface area contributed by atoms with Gasteiger partial charge in [-0.15, -0.1) is 0 Å². The van der Waals surface area contributed by atoms with Crippen molar-refractivity contribution in [1.29, 1.82) is 0 Å². The second-order valence-corrected chi connectivity index (χ2v) is 11.3. The van der Waals surface area contributed by atoms with E-state index in [2.05, 4.69) is 126 Å². The SMILES string of the molecule is FC(F)(F)c1n[n-]c(-c2cccc(-c3n[n-]c(C(F)(F)F)n3)n2)n1.[Pt+2].c1ccc([PH+](c2ccccc2)c2ccccc2)cc1. The average Bonchev–Trinajstić information content (AvgIpc) is 3.71. The molecule has 0 spiro atoms. The number of halogens is 6. The van der Waals surface area contributed by atoms with Crippen molar-refractivity contribution in [1.82, 2.24) is 35.3 Å². The molecule has 0 saturated carbocycles. The summed E-state index contributed by atoms with van der Waals surface area (Å²) < 4.78 is 74.7. The van der Waals surface area contributed by atoms with Gasteiger partial charge < -0.3 is 20.2 Å². The Kier molecular flexibility index (Phi) is 10.4. The molecule has 0 aliphatic carbocycles. The Morgan fingerprint density at radius 1 is 0.500 bits per heavy atom. The van der Waals surface area contributed by atoms with Gasteiger partial charge in [-0.25, -0.2) is 4.98 Å². The molecule has 0 radical (unpaired) electrons. The number of alkyl halides is 6. The topological polar surface area (TPSA) is 92.7 Å². The summed E-state index contributed by atoms with van der Waals surface area (Å²) in [6.07, 6.45) is -9.55. The second kappa shape index (κ2) is 14.0. The van der Waals surface area contributed by atoms with Crippen molar-refractivity contribution in [2.75, 3.05) is 0 Å². The van der Waals surface area contributed by atoms with Gasteiger partial charge in [-0.3, -0.25) is 10.2 Å². The standard InChI is InChI=1S/C18H15P.C11H3F6N7.Pt/c1-4-10-16(11-5-1)19(17-12-6-2-7-13-17)18-14-8-3-9-15-18;12-10(13,14)8-19-6(21-23-8)4-2-1-3-5(18-4)7-20-9(24-22-7)11(15,16)17;/h1-15H;1-3H;/q;-2;+2/p+1. The summed E-state index contributed by atoms with van der Waals surface area (Å²) in [4.78, 5) is 10.2. The minimum Gasteiger partial charge on any atom is -0.413 e. The molecule has 7 nitrogen and oxygen atoms in total. The van der Waals surface area contributed by atoms with Crippen LogP contribution in [-0.4, -0.2) is 25.1 Å². The molecule has 6 rings (SSSR count). The first kappa shape index (κ1) is 32.7. The number of nitrogens with zero attached hydrogens (tertiary/aromatic N) is 7. The third kappa shape index (κ3) is 8.03. The van der Waals surface area contributed by atoms with Gasteiger partial charge in [-0.2, -0.15) is 26.3 Å². The van der Waals surface area contributed by atoms with Crippen LogP contribution in [0.5, 0.6) is 0 Å². The van der Waals surface area contributed by atoms with Gasteiger partial charge in [0, 0.05) is 5.82 Å². The first-order valence-electron chi connectivity index (χ1n) is 12.5. The largest absolute Gasteiger partial charge is 2.00 e. The molecule has 0 aliphatic rings. The van der Waals surface area contributed by atoms with E-state index in [0.717, 1.165) is 0 Å². The van der Waals surface area contributed by atoms with E-state index < -0.39 is 43.6 Å². The summed E-state index contributed by atoms with van der Waals surface area (Å²) in [5, 5.41) is 16.6. The van der Waals surface area contributed by atoms with Gasteiger partial charge in [0.15, 0.2) is 0 Å². The van der Waals surface area contributed by atoms with Crippen molar-refractivity contribution in [3.63, 3.8) is 0 Å². The van der Waals surface area contributed by atoms with Crippen molar-refractivity contribution in [2.45, 2.75) is 12.4 Å². The third-order valence-corrected chi connectivity index (χ3v) is 8.54. The molecule has 0 saturated heterocycles. The third-order valence-electron chi connectivity index (χ3n) is 5.80. The second-order valence-electron chi connectivity index (χ2n) is 8.79. The molecule has 0 unspecified atom stereocenters. The first-order chi connectivity index (χ1) is 20.6. The van der Waals surface area contributed by atoms with Crippen LogP contribution in [0.4, 0.5) is 26.3 Å². The predicted molar refractivity (Wildman–Crippen MR) is 149 cm³/mol. The van der Waals surface area contributed by atoms with E-state index in [4.69, 9.17) is 0 Å². The Bertz CT molecular complexity index is 1600. The van der Waals surface area contributed by atoms with Gasteiger partial charge in [0.25, 0.3) is 0 Å². The van der Waals surface area contributed by atoms with Crippen molar-refractivity contribution in [2.24, 2.45) is 0 Å². The molecule has 0 aliphatic heterocycles. The van der Waals surface area contributed by atoms with E-state index in [1.807, 2.05) is 0 Å². The summed E-state index contributed by atoms with van der Waals surface area (Å²) in [6, 6.07) is 36.4. The zero-order valence-electron chi connectivity index (χ0n) is 22.1. The Balaban J connectivity index is 0.000000201. The molecule has 6 aromatic rings. The molecule has 3 aromatic heterocycles. The predicted octanol–water partition coefficient (Wildman–Crippen LogP) is 5.12. The molecule has 3 heterocycles. The minimum atomic E-state index is -4.77. The number of benzene rings is 3. The Labute approximate surface area is 262 Å². The number of rotatable bonds is 5. The summed E-state index contributed by atoms with van der Waals surface area (Å²) in [7, 11) is -0.877. The van der Waals surface area contributed by atoms with Crippen molar-refractivity contribution >= 4 is 23.8 Å². The van der Waals surface area contributed by atoms with Gasteiger partial charge in [0.2, 0.25) is 0 Å². The molecule has 226 valence electrons. The zero-order chi connectivity index (χ0) is 30.5. The van der Waals surface area contributed by atoms with Crippen LogP contribution >= 0.6 is 7.92 Å². The van der Waals surface area contributed by atoms with Crippen LogP contribution in [0, 0.1) is 0 Å². The van der Waals surface area contributed by atoms with Crippen molar-refractivity contribution < 1.29 is 47.4 Å². The smallest absolute Gasteiger partial charge is 0.413 e. The first-order valence-corrected chi connectivity index (χ1v) is 14.0. The van der Waals surface area contributed by atoms with E-state index >= 15 is 0 Å². The summed E-state index contributed by atoms with van der Waals surface area (Å²) >= 11 is 0. The zero-order valence-corrected chi connectivity index (χ0v) is 25.4. The van der Waals surface area contributed by atoms with E-state index in [0.29, 0.717) is 0 Å². The summed E-state index contributed by atoms with van der Waals surface area (Å²) in [5.41, 5.74) is -0.261. The molecular formula is C29H19F6N7PPt+. The maximum Gasteiger partial charge on any atom is 2.00 e. The minimum absolute atomic E-state index is 0. The van der Waals surface area contributed by atoms with Gasteiger partial charge in [-0.1, -0.05) is 60.7 Å². The van der Waals surface area contributed by atoms with Gasteiger partial charge in [0.05, 0.1) is 25.1 Å². The van der Waals surface area contributed by atoms with E-state index in [9.17, 15) is 26.3 Å². The fourth-order valence-electron chi connectivity index (χ4n) is 3.93. The molecule has 0 fully saturated rings. The monoisotopic (exact) mass is 805 g/mol. The van der Waals surface area contributed by atoms with Crippen molar-refractivity contribution in [3.8, 4) is 23.0 Å². The van der Waals surface area contributed by atoms with E-state index in [1.54, 1.807) is 0 Å². The quantitative estimate of drug-likeness (QED) is 0.177. The van der Waals surface area contributed by atoms with Crippen LogP contribution < -0.4 is 26.1 Å². The molecule has 44 heavy (non-hydrogen) atoms. The summed E-state index contributed by atoms with van der Waals surface area (Å²) in [6.45, 7) is 0. The van der Waals surface area contributed by atoms with Gasteiger partial charge in [-0.05, 0) is 54.4 Å². The molecule has 0 atom stereocenters. The maximum atomic E-state index is 12.5. The number of pyridine rings is 1. The van der Waals surface area contributed by atoms with Crippen LogP contribution in [0.1, 0.15) is 11.6 Å². The van der Waals surface area contributed by atoms with Crippen LogP contribution in [0.15, 0.2) is 109 Å². The normalized spacial score (nSPS) is 11.4. The van der Waals surface area contributed by atoms with Crippen molar-refractivity contribution in [3.05, 3.63) is 121 Å². The number of hydrogen-bond acceptors (Lipinski definition) is 5. The maximum absolute atomic E-state index is 12.5. The Morgan fingerprint density at radius 3 is 1.43 bits per heavy atom. The molecule has 15 heteroatoms. The van der Waals surface area contributed by atoms with Gasteiger partial charge in [0.1, 0.15) is 21.7 Å². The van der Waals surface area contributed by atoms with Crippen LogP contribution in [-0.2, 0) is 33.4 Å². The van der Waals surface area contributed by atoms with E-state index in [-0.39, 0.29) is 32.5 Å². The van der Waals surface area contributed by atoms with E-state index in [1.165, 1.54) is 34.1 Å². The molecule has 0 amide bonds. The molecule has 0 N–H and O–H groups in total. The fourth-order valence-corrected chi connectivity index (χ4v) is 6.51. The van der Waals surface area contributed by atoms with Crippen LogP contribution in [0.25, 0.3) is 23.0 Å².